The highest BCUT2D eigenvalue weighted by Gasteiger charge is 2.20. The summed E-state index contributed by atoms with van der Waals surface area (Å²) in [6, 6.07) is 2.08. The first-order chi connectivity index (χ1) is 7.97. The molecule has 0 atom stereocenters. The van der Waals surface area contributed by atoms with Crippen molar-refractivity contribution in [2.75, 3.05) is 31.1 Å². The number of piperazine rings is 1. The molecule has 1 aliphatic heterocycles. The predicted octanol–water partition coefficient (Wildman–Crippen LogP) is 1.49. The van der Waals surface area contributed by atoms with Gasteiger partial charge in [0.05, 0.1) is 0 Å². The van der Waals surface area contributed by atoms with Crippen molar-refractivity contribution < 1.29 is 0 Å². The van der Waals surface area contributed by atoms with Crippen molar-refractivity contribution >= 4 is 5.82 Å². The summed E-state index contributed by atoms with van der Waals surface area (Å²) in [5, 5.41) is 3.36. The Morgan fingerprint density at radius 3 is 2.41 bits per heavy atom. The van der Waals surface area contributed by atoms with Gasteiger partial charge in [0.15, 0.2) is 0 Å². The average Bonchev–Trinajstić information content (AvgIpc) is 2.28. The molecule has 1 aliphatic rings. The van der Waals surface area contributed by atoms with Crippen molar-refractivity contribution in [1.29, 1.82) is 0 Å². The maximum atomic E-state index is 4.72. The molecule has 2 rings (SSSR count). The molecule has 1 fully saturated rings. The highest BCUT2D eigenvalue weighted by Crippen LogP contribution is 2.22. The maximum absolute atomic E-state index is 4.72. The minimum Gasteiger partial charge on any atom is -0.354 e. The number of anilines is 1. The Labute approximate surface area is 103 Å². The van der Waals surface area contributed by atoms with E-state index in [1.807, 2.05) is 6.92 Å². The largest absolute Gasteiger partial charge is 0.354 e. The zero-order valence-corrected chi connectivity index (χ0v) is 11.2. The fourth-order valence-corrected chi connectivity index (χ4v) is 1.94. The molecule has 0 saturated carbocycles. The third-order valence-electron chi connectivity index (χ3n) is 2.95. The summed E-state index contributed by atoms with van der Waals surface area (Å²) in [6.45, 7) is 12.6. The molecule has 1 N–H and O–H groups in total. The van der Waals surface area contributed by atoms with Gasteiger partial charge in [-0.3, -0.25) is 0 Å². The highest BCUT2D eigenvalue weighted by molar-refractivity contribution is 5.41. The molecule has 94 valence electrons. The van der Waals surface area contributed by atoms with Gasteiger partial charge in [-0.25, -0.2) is 9.97 Å². The maximum Gasteiger partial charge on any atom is 0.136 e. The van der Waals surface area contributed by atoms with Crippen LogP contribution in [0.5, 0.6) is 0 Å². The van der Waals surface area contributed by atoms with Crippen LogP contribution in [-0.4, -0.2) is 36.1 Å². The average molecular weight is 234 g/mol. The van der Waals surface area contributed by atoms with Gasteiger partial charge in [-0.15, -0.1) is 0 Å². The van der Waals surface area contributed by atoms with Gasteiger partial charge >= 0.3 is 0 Å². The van der Waals surface area contributed by atoms with Gasteiger partial charge in [-0.2, -0.15) is 0 Å². The summed E-state index contributed by atoms with van der Waals surface area (Å²) in [5.74, 6) is 2.01. The second kappa shape index (κ2) is 4.61. The Morgan fingerprint density at radius 1 is 1.18 bits per heavy atom. The van der Waals surface area contributed by atoms with Crippen LogP contribution in [0.4, 0.5) is 5.82 Å². The van der Waals surface area contributed by atoms with Crippen molar-refractivity contribution in [2.24, 2.45) is 0 Å². The molecule has 4 heteroatoms. The Kier molecular flexibility index (Phi) is 3.33. The smallest absolute Gasteiger partial charge is 0.136 e. The minimum atomic E-state index is 0.00874. The fourth-order valence-electron chi connectivity index (χ4n) is 1.94. The molecule has 0 aromatic carbocycles. The number of aryl methyl sites for hydroxylation is 1. The van der Waals surface area contributed by atoms with Crippen LogP contribution in [0.1, 0.15) is 32.3 Å². The molecule has 0 unspecified atom stereocenters. The quantitative estimate of drug-likeness (QED) is 0.799. The number of nitrogens with one attached hydrogen (secondary N) is 1. The van der Waals surface area contributed by atoms with Crippen molar-refractivity contribution in [2.45, 2.75) is 33.1 Å². The normalized spacial score (nSPS) is 17.3. The molecule has 0 spiro atoms. The van der Waals surface area contributed by atoms with Crippen LogP contribution >= 0.6 is 0 Å². The lowest BCUT2D eigenvalue weighted by atomic mass is 9.95. The lowest BCUT2D eigenvalue weighted by molar-refractivity contribution is 0.536. The zero-order valence-electron chi connectivity index (χ0n) is 11.2. The van der Waals surface area contributed by atoms with E-state index in [0.717, 1.165) is 43.5 Å². The Morgan fingerprint density at radius 2 is 1.82 bits per heavy atom. The van der Waals surface area contributed by atoms with Crippen molar-refractivity contribution in [3.63, 3.8) is 0 Å². The SMILES string of the molecule is Cc1cc(N2CCNCC2)nc(C(C)(C)C)n1. The molecular formula is C13H22N4. The van der Waals surface area contributed by atoms with Crippen molar-refractivity contribution in [3.05, 3.63) is 17.6 Å². The molecule has 0 aliphatic carbocycles. The highest BCUT2D eigenvalue weighted by atomic mass is 15.2. The molecule has 0 bridgehead atoms. The molecule has 1 aromatic rings. The van der Waals surface area contributed by atoms with Crippen molar-refractivity contribution in [1.82, 2.24) is 15.3 Å². The zero-order chi connectivity index (χ0) is 12.5. The lowest BCUT2D eigenvalue weighted by Crippen LogP contribution is -2.44. The Bertz CT molecular complexity index is 389. The minimum absolute atomic E-state index is 0.00874. The van der Waals surface area contributed by atoms with Crippen molar-refractivity contribution in [3.8, 4) is 0 Å². The van der Waals surface area contributed by atoms with Crippen LogP contribution in [0.2, 0.25) is 0 Å². The van der Waals surface area contributed by atoms with Gasteiger partial charge in [0.1, 0.15) is 11.6 Å². The summed E-state index contributed by atoms with van der Waals surface area (Å²) in [7, 11) is 0. The van der Waals surface area contributed by atoms with E-state index >= 15 is 0 Å². The number of hydrogen-bond acceptors (Lipinski definition) is 4. The van der Waals surface area contributed by atoms with Crippen LogP contribution in [-0.2, 0) is 5.41 Å². The van der Waals surface area contributed by atoms with E-state index in [0.29, 0.717) is 0 Å². The summed E-state index contributed by atoms with van der Waals surface area (Å²) in [4.78, 5) is 11.6. The van der Waals surface area contributed by atoms with E-state index in [1.54, 1.807) is 0 Å². The predicted molar refractivity (Wildman–Crippen MR) is 70.6 cm³/mol. The lowest BCUT2D eigenvalue weighted by Gasteiger charge is -2.29. The third kappa shape index (κ3) is 2.94. The number of nitrogens with zero attached hydrogens (tertiary/aromatic N) is 3. The Hall–Kier alpha value is -1.16. The van der Waals surface area contributed by atoms with Crippen LogP contribution in [0.15, 0.2) is 6.07 Å². The first-order valence-corrected chi connectivity index (χ1v) is 6.28. The summed E-state index contributed by atoms with van der Waals surface area (Å²) in [6.07, 6.45) is 0. The van der Waals surface area contributed by atoms with Gasteiger partial charge < -0.3 is 10.2 Å². The fraction of sp³-hybridized carbons (Fsp3) is 0.692. The standard InChI is InChI=1S/C13H22N4/c1-10-9-11(17-7-5-14-6-8-17)16-12(15-10)13(2,3)4/h9,14H,5-8H2,1-4H3. The Balaban J connectivity index is 2.31. The van der Waals surface area contributed by atoms with E-state index in [9.17, 15) is 0 Å². The van der Waals surface area contributed by atoms with Crippen LogP contribution in [0.25, 0.3) is 0 Å². The molecule has 4 nitrogen and oxygen atoms in total. The number of aromatic nitrogens is 2. The summed E-state index contributed by atoms with van der Waals surface area (Å²) < 4.78 is 0. The summed E-state index contributed by atoms with van der Waals surface area (Å²) in [5.41, 5.74) is 1.06. The van der Waals surface area contributed by atoms with Gasteiger partial charge in [-0.05, 0) is 6.92 Å². The monoisotopic (exact) mass is 234 g/mol. The van der Waals surface area contributed by atoms with E-state index in [1.165, 1.54) is 0 Å². The van der Waals surface area contributed by atoms with Crippen LogP contribution in [0, 0.1) is 6.92 Å². The first-order valence-electron chi connectivity index (χ1n) is 6.28. The molecular weight excluding hydrogens is 212 g/mol. The van der Waals surface area contributed by atoms with E-state index in [4.69, 9.17) is 4.98 Å². The third-order valence-corrected chi connectivity index (χ3v) is 2.95. The van der Waals surface area contributed by atoms with E-state index in [2.05, 4.69) is 42.0 Å². The second-order valence-corrected chi connectivity index (χ2v) is 5.68. The van der Waals surface area contributed by atoms with Crippen LogP contribution < -0.4 is 10.2 Å². The topological polar surface area (TPSA) is 41.0 Å². The van der Waals surface area contributed by atoms with Gasteiger partial charge in [-0.1, -0.05) is 20.8 Å². The van der Waals surface area contributed by atoms with Gasteiger partial charge in [0, 0.05) is 43.4 Å². The molecule has 2 heterocycles. The molecule has 17 heavy (non-hydrogen) atoms. The molecule has 1 aromatic heterocycles. The van der Waals surface area contributed by atoms with Gasteiger partial charge in [0.25, 0.3) is 0 Å². The first kappa shape index (κ1) is 12.3. The van der Waals surface area contributed by atoms with Crippen LogP contribution in [0.3, 0.4) is 0 Å². The molecule has 1 saturated heterocycles. The number of rotatable bonds is 1. The molecule has 0 radical (unpaired) electrons. The molecule has 0 amide bonds. The number of hydrogen-bond donors (Lipinski definition) is 1. The van der Waals surface area contributed by atoms with E-state index < -0.39 is 0 Å². The summed E-state index contributed by atoms with van der Waals surface area (Å²) >= 11 is 0. The van der Waals surface area contributed by atoms with E-state index in [-0.39, 0.29) is 5.41 Å². The second-order valence-electron chi connectivity index (χ2n) is 5.68. The van der Waals surface area contributed by atoms with Gasteiger partial charge in [0.2, 0.25) is 0 Å².